The van der Waals surface area contributed by atoms with Gasteiger partial charge in [-0.2, -0.15) is 0 Å². The summed E-state index contributed by atoms with van der Waals surface area (Å²) in [5.74, 6) is -1.26. The number of rotatable bonds is 7. The highest BCUT2D eigenvalue weighted by Gasteiger charge is 2.30. The third-order valence-corrected chi connectivity index (χ3v) is 6.54. The van der Waals surface area contributed by atoms with Gasteiger partial charge in [0, 0.05) is 32.9 Å². The molecule has 1 atom stereocenters. The highest BCUT2D eigenvalue weighted by atomic mass is 19.1. The van der Waals surface area contributed by atoms with Crippen LogP contribution in [0.4, 0.5) is 4.39 Å². The number of likely N-dealkylation sites (N-methyl/N-ethyl adjacent to an activating group) is 1. The van der Waals surface area contributed by atoms with E-state index in [0.717, 1.165) is 38.4 Å². The fourth-order valence-electron chi connectivity index (χ4n) is 4.53. The molecule has 1 aromatic rings. The highest BCUT2D eigenvalue weighted by molar-refractivity contribution is 6.41. The number of ether oxygens (including phenoxy) is 2. The molecule has 0 spiro atoms. The Morgan fingerprint density at radius 2 is 1.68 bits per heavy atom. The largest absolute Gasteiger partial charge is 0.501 e. The van der Waals surface area contributed by atoms with Gasteiger partial charge in [0.15, 0.2) is 0 Å². The first kappa shape index (κ1) is 34.2. The zero-order valence-corrected chi connectivity index (χ0v) is 24.7. The molecule has 1 saturated heterocycles. The number of allylic oxidation sites excluding steroid dienone is 1. The van der Waals surface area contributed by atoms with Gasteiger partial charge in [-0.1, -0.05) is 32.4 Å². The van der Waals surface area contributed by atoms with Gasteiger partial charge in [-0.25, -0.2) is 9.18 Å². The summed E-state index contributed by atoms with van der Waals surface area (Å²) >= 11 is 0. The summed E-state index contributed by atoms with van der Waals surface area (Å²) in [5, 5.41) is 0. The van der Waals surface area contributed by atoms with Gasteiger partial charge >= 0.3 is 5.97 Å². The number of esters is 1. The van der Waals surface area contributed by atoms with Gasteiger partial charge in [-0.3, -0.25) is 9.59 Å². The first-order chi connectivity index (χ1) is 19.1. The van der Waals surface area contributed by atoms with E-state index < -0.39 is 11.8 Å². The molecule has 3 rings (SSSR count). The molecule has 0 aliphatic carbocycles. The molecule has 2 aliphatic heterocycles. The average Bonchev–Trinajstić information content (AvgIpc) is 3.17. The number of ketones is 1. The highest BCUT2D eigenvalue weighted by Crippen LogP contribution is 2.27. The summed E-state index contributed by atoms with van der Waals surface area (Å²) in [6, 6.07) is 6.59. The van der Waals surface area contributed by atoms with Crippen LogP contribution in [0.2, 0.25) is 0 Å². The number of nitrogens with zero attached hydrogens (tertiary/aromatic N) is 2. The topological polar surface area (TPSA) is 76.2 Å². The molecule has 0 N–H and O–H groups in total. The van der Waals surface area contributed by atoms with Crippen LogP contribution in [0.15, 0.2) is 59.0 Å². The molecule has 218 valence electrons. The van der Waals surface area contributed by atoms with Crippen molar-refractivity contribution in [3.05, 3.63) is 70.4 Å². The fraction of sp³-hybridized carbons (Fsp3) is 0.469. The molecule has 8 heteroatoms. The number of halogens is 1. The molecule has 2 aliphatic rings. The predicted molar refractivity (Wildman–Crippen MR) is 155 cm³/mol. The van der Waals surface area contributed by atoms with E-state index in [1.165, 1.54) is 25.7 Å². The van der Waals surface area contributed by atoms with Gasteiger partial charge in [0.1, 0.15) is 11.6 Å². The lowest BCUT2D eigenvalue weighted by Gasteiger charge is -2.22. The van der Waals surface area contributed by atoms with Crippen molar-refractivity contribution in [1.29, 1.82) is 0 Å². The maximum absolute atomic E-state index is 13.6. The molecule has 0 radical (unpaired) electrons. The minimum atomic E-state index is -0.947. The number of carbonyl (C=O) groups is 3. The molecule has 1 aromatic carbocycles. The second-order valence-electron chi connectivity index (χ2n) is 9.75. The van der Waals surface area contributed by atoms with Gasteiger partial charge in [-0.05, 0) is 67.9 Å². The van der Waals surface area contributed by atoms with Crippen molar-refractivity contribution in [3.63, 3.8) is 0 Å². The second kappa shape index (κ2) is 17.7. The number of amides is 1. The van der Waals surface area contributed by atoms with Crippen molar-refractivity contribution in [1.82, 2.24) is 9.80 Å². The van der Waals surface area contributed by atoms with E-state index in [1.54, 1.807) is 31.1 Å². The molecule has 7 nitrogen and oxygen atoms in total. The van der Waals surface area contributed by atoms with Gasteiger partial charge in [0.2, 0.25) is 0 Å². The van der Waals surface area contributed by atoms with Crippen molar-refractivity contribution in [3.8, 4) is 12.8 Å². The third-order valence-electron chi connectivity index (χ3n) is 6.54. The number of benzene rings is 1. The fourth-order valence-corrected chi connectivity index (χ4v) is 4.53. The number of carbonyl (C=O) groups excluding carboxylic acids is 3. The quantitative estimate of drug-likeness (QED) is 0.154. The molecule has 0 saturated carbocycles. The van der Waals surface area contributed by atoms with E-state index in [4.69, 9.17) is 4.74 Å². The Balaban J connectivity index is 0.00000150. The van der Waals surface area contributed by atoms with Crippen LogP contribution in [-0.4, -0.2) is 68.4 Å². The third kappa shape index (κ3) is 10.0. The smallest absolute Gasteiger partial charge is 0.379 e. The first-order valence-corrected chi connectivity index (χ1v) is 13.5. The van der Waals surface area contributed by atoms with Crippen molar-refractivity contribution < 1.29 is 28.2 Å². The van der Waals surface area contributed by atoms with Crippen LogP contribution in [0.25, 0.3) is 0 Å². The maximum Gasteiger partial charge on any atom is 0.379 e. The summed E-state index contributed by atoms with van der Waals surface area (Å²) in [4.78, 5) is 41.5. The molecule has 1 unspecified atom stereocenters. The summed E-state index contributed by atoms with van der Waals surface area (Å²) in [5.41, 5.74) is 2.23. The van der Waals surface area contributed by atoms with E-state index >= 15 is 0 Å². The molecular weight excluding hydrogens is 511 g/mol. The van der Waals surface area contributed by atoms with Crippen molar-refractivity contribution in [2.24, 2.45) is 5.92 Å². The van der Waals surface area contributed by atoms with Crippen molar-refractivity contribution in [2.45, 2.75) is 52.9 Å². The number of hydrogen-bond donors (Lipinski definition) is 0. The Morgan fingerprint density at radius 3 is 2.25 bits per heavy atom. The normalized spacial score (nSPS) is 18.2. The van der Waals surface area contributed by atoms with Crippen LogP contribution >= 0.6 is 0 Å². The zero-order chi connectivity index (χ0) is 30.2. The molecule has 0 bridgehead atoms. The van der Waals surface area contributed by atoms with E-state index in [0.29, 0.717) is 42.5 Å². The molecule has 2 heterocycles. The zero-order valence-electron chi connectivity index (χ0n) is 24.7. The van der Waals surface area contributed by atoms with Gasteiger partial charge < -0.3 is 19.3 Å². The van der Waals surface area contributed by atoms with E-state index in [1.807, 2.05) is 17.0 Å². The summed E-state index contributed by atoms with van der Waals surface area (Å²) in [6.07, 6.45) is 16.0. The second-order valence-corrected chi connectivity index (χ2v) is 9.75. The maximum atomic E-state index is 13.6. The number of Topliss-reactive ketones (excluding diaryl/α,β-unsaturated/α-hetero) is 1. The minimum Gasteiger partial charge on any atom is -0.501 e. The summed E-state index contributed by atoms with van der Waals surface area (Å²) < 4.78 is 23.2. The van der Waals surface area contributed by atoms with Crippen LogP contribution in [0.5, 0.6) is 0 Å². The Morgan fingerprint density at radius 1 is 1.05 bits per heavy atom. The van der Waals surface area contributed by atoms with Crippen LogP contribution in [0.3, 0.4) is 0 Å². The molecule has 0 aromatic heterocycles. The number of hydrogen-bond acceptors (Lipinski definition) is 6. The lowest BCUT2D eigenvalue weighted by molar-refractivity contribution is -0.149. The molecule has 40 heavy (non-hydrogen) atoms. The molecular formula is C32H43FN2O5. The summed E-state index contributed by atoms with van der Waals surface area (Å²) in [6.45, 7) is 7.55. The van der Waals surface area contributed by atoms with E-state index in [2.05, 4.69) is 31.4 Å². The average molecular weight is 555 g/mol. The Hall–Kier alpha value is -3.86. The number of likely N-dealkylation sites (tertiary alicyclic amines) is 1. The SMILES string of the molecule is C#C.CCC.COC(=O)C(=O)C1=CN(C)C/C1=C\C(C(=O)N1CCCC(Cc2ccc(F)cc2)CC1)=C(/C)OC. The molecule has 1 fully saturated rings. The van der Waals surface area contributed by atoms with Crippen molar-refractivity contribution >= 4 is 17.7 Å². The first-order valence-electron chi connectivity index (χ1n) is 13.5. The van der Waals surface area contributed by atoms with Gasteiger partial charge in [-0.15, -0.1) is 12.8 Å². The monoisotopic (exact) mass is 554 g/mol. The number of terminal acetylenes is 1. The lowest BCUT2D eigenvalue weighted by atomic mass is 9.93. The summed E-state index contributed by atoms with van der Waals surface area (Å²) in [7, 11) is 4.45. The standard InChI is InChI=1S/C27H33FN2O5.C3H8.C2H2/c1-18(34-3)23(15-21-16-29(2)17-24(21)25(31)27(33)35-4)26(32)30-12-5-6-19(11-13-30)14-20-7-9-22(28)10-8-20;1-3-2;1-2/h7-10,15,17,19H,5-6,11-14,16H2,1-4H3;3H2,1-2H3;1-2H/b21-15+,23-18-;;. The Labute approximate surface area is 238 Å². The van der Waals surface area contributed by atoms with E-state index in [9.17, 15) is 18.8 Å². The van der Waals surface area contributed by atoms with Crippen molar-refractivity contribution in [2.75, 3.05) is 40.9 Å². The van der Waals surface area contributed by atoms with Crippen LogP contribution in [0.1, 0.15) is 52.0 Å². The predicted octanol–water partition coefficient (Wildman–Crippen LogP) is 5.08. The van der Waals surface area contributed by atoms with Crippen LogP contribution in [-0.2, 0) is 30.3 Å². The molecule has 1 amide bonds. The van der Waals surface area contributed by atoms with E-state index in [-0.39, 0.29) is 17.3 Å². The van der Waals surface area contributed by atoms with Gasteiger partial charge in [0.25, 0.3) is 11.7 Å². The van der Waals surface area contributed by atoms with Crippen LogP contribution < -0.4 is 0 Å². The van der Waals surface area contributed by atoms with Crippen LogP contribution in [0, 0.1) is 24.6 Å². The Bertz CT molecular complexity index is 1120. The number of methoxy groups -OCH3 is 2. The van der Waals surface area contributed by atoms with Gasteiger partial charge in [0.05, 0.1) is 25.4 Å². The Kier molecular flexibility index (Phi) is 15.1. The minimum absolute atomic E-state index is 0.168. The lowest BCUT2D eigenvalue weighted by Crippen LogP contribution is -2.33.